The monoisotopic (exact) mass is 445 g/mol. The van der Waals surface area contributed by atoms with Crippen LogP contribution in [0.25, 0.3) is 0 Å². The van der Waals surface area contributed by atoms with Gasteiger partial charge in [0.2, 0.25) is 5.91 Å². The van der Waals surface area contributed by atoms with E-state index >= 15 is 0 Å². The summed E-state index contributed by atoms with van der Waals surface area (Å²) in [5.41, 5.74) is 2.90. The smallest absolute Gasteiger partial charge is 0.251 e. The minimum absolute atomic E-state index is 0.111. The third-order valence-corrected chi connectivity index (χ3v) is 4.71. The number of carbonyl (C=O) groups is 2. The summed E-state index contributed by atoms with van der Waals surface area (Å²) in [6.07, 6.45) is 0.831. The van der Waals surface area contributed by atoms with Gasteiger partial charge in [-0.25, -0.2) is 0 Å². The number of ether oxygens (including phenoxy) is 1. The number of benzene rings is 3. The van der Waals surface area contributed by atoms with E-state index in [1.54, 1.807) is 24.3 Å². The molecule has 0 bridgehead atoms. The molecule has 172 valence electrons. The van der Waals surface area contributed by atoms with E-state index in [-0.39, 0.29) is 23.9 Å². The van der Waals surface area contributed by atoms with Crippen molar-refractivity contribution in [2.75, 3.05) is 23.8 Å². The van der Waals surface area contributed by atoms with Gasteiger partial charge in [0, 0.05) is 35.0 Å². The van der Waals surface area contributed by atoms with E-state index in [1.165, 1.54) is 5.56 Å². The summed E-state index contributed by atoms with van der Waals surface area (Å²) in [7, 11) is 0. The number of anilines is 2. The first-order valence-electron chi connectivity index (χ1n) is 11.0. The van der Waals surface area contributed by atoms with Crippen molar-refractivity contribution in [3.05, 3.63) is 90.0 Å². The van der Waals surface area contributed by atoms with Crippen LogP contribution in [0.2, 0.25) is 0 Å². The maximum atomic E-state index is 12.3. The van der Waals surface area contributed by atoms with Crippen LogP contribution in [-0.2, 0) is 11.2 Å². The number of hydrogen-bond donors (Lipinski definition) is 3. The third-order valence-electron chi connectivity index (χ3n) is 4.71. The van der Waals surface area contributed by atoms with E-state index in [0.717, 1.165) is 17.9 Å². The van der Waals surface area contributed by atoms with Crippen molar-refractivity contribution in [3.8, 4) is 5.75 Å². The Balaban J connectivity index is 1.45. The van der Waals surface area contributed by atoms with Gasteiger partial charge in [0.05, 0.1) is 13.2 Å². The number of rotatable bonds is 9. The minimum atomic E-state index is -0.306. The summed E-state index contributed by atoms with van der Waals surface area (Å²) >= 11 is 0. The van der Waals surface area contributed by atoms with Gasteiger partial charge in [0.15, 0.2) is 0 Å². The fourth-order valence-corrected chi connectivity index (χ4v) is 3.13. The van der Waals surface area contributed by atoms with Gasteiger partial charge in [0.25, 0.3) is 5.91 Å². The van der Waals surface area contributed by atoms with Gasteiger partial charge in [-0.2, -0.15) is 0 Å². The number of carbonyl (C=O) groups excluding carboxylic acids is 2. The zero-order valence-corrected chi connectivity index (χ0v) is 19.4. The highest BCUT2D eigenvalue weighted by Crippen LogP contribution is 2.18. The molecule has 0 unspecified atom stereocenters. The molecular formula is C27H31N3O3. The van der Waals surface area contributed by atoms with Gasteiger partial charge in [-0.3, -0.25) is 9.59 Å². The first kappa shape index (κ1) is 23.9. The molecule has 3 rings (SSSR count). The number of nitrogens with one attached hydrogen (secondary N) is 3. The molecule has 0 spiro atoms. The normalized spacial score (nSPS) is 10.9. The van der Waals surface area contributed by atoms with Crippen LogP contribution >= 0.6 is 0 Å². The van der Waals surface area contributed by atoms with Crippen LogP contribution in [0, 0.1) is 0 Å². The Bertz CT molecular complexity index is 1060. The van der Waals surface area contributed by atoms with E-state index in [9.17, 15) is 9.59 Å². The molecule has 0 fully saturated rings. The Morgan fingerprint density at radius 1 is 0.848 bits per heavy atom. The Morgan fingerprint density at radius 2 is 1.58 bits per heavy atom. The van der Waals surface area contributed by atoms with Crippen LogP contribution in [0.4, 0.5) is 11.4 Å². The second-order valence-corrected chi connectivity index (χ2v) is 8.80. The molecule has 0 saturated heterocycles. The van der Waals surface area contributed by atoms with Crippen molar-refractivity contribution in [1.82, 2.24) is 5.32 Å². The molecule has 0 heterocycles. The molecule has 0 atom stereocenters. The molecule has 3 N–H and O–H groups in total. The van der Waals surface area contributed by atoms with Crippen molar-refractivity contribution in [3.63, 3.8) is 0 Å². The molecule has 6 heteroatoms. The van der Waals surface area contributed by atoms with Gasteiger partial charge >= 0.3 is 0 Å². The minimum Gasteiger partial charge on any atom is -0.493 e. The third kappa shape index (κ3) is 8.33. The molecule has 3 aromatic carbocycles. The average molecular weight is 446 g/mol. The largest absolute Gasteiger partial charge is 0.493 e. The molecule has 0 aliphatic carbocycles. The maximum absolute atomic E-state index is 12.3. The summed E-state index contributed by atoms with van der Waals surface area (Å²) in [5.74, 6) is 0.422. The lowest BCUT2D eigenvalue weighted by Gasteiger charge is -2.20. The molecule has 0 aliphatic rings. The Kier molecular flexibility index (Phi) is 8.08. The van der Waals surface area contributed by atoms with Gasteiger partial charge in [-0.05, 0) is 62.7 Å². The predicted octanol–water partition coefficient (Wildman–Crippen LogP) is 4.89. The topological polar surface area (TPSA) is 79.5 Å². The van der Waals surface area contributed by atoms with E-state index in [4.69, 9.17) is 4.74 Å². The molecule has 0 aliphatic heterocycles. The highest BCUT2D eigenvalue weighted by atomic mass is 16.5. The van der Waals surface area contributed by atoms with Crippen LogP contribution in [0.15, 0.2) is 78.9 Å². The van der Waals surface area contributed by atoms with Crippen LogP contribution < -0.4 is 20.7 Å². The van der Waals surface area contributed by atoms with Crippen LogP contribution in [0.1, 0.15) is 36.7 Å². The van der Waals surface area contributed by atoms with Crippen LogP contribution in [-0.4, -0.2) is 30.5 Å². The first-order valence-corrected chi connectivity index (χ1v) is 11.0. The van der Waals surface area contributed by atoms with Crippen molar-refractivity contribution in [2.45, 2.75) is 32.7 Å². The highest BCUT2D eigenvalue weighted by molar-refractivity contribution is 5.97. The highest BCUT2D eigenvalue weighted by Gasteiger charge is 2.15. The zero-order valence-electron chi connectivity index (χ0n) is 19.4. The quantitative estimate of drug-likeness (QED) is 0.438. The average Bonchev–Trinajstić information content (AvgIpc) is 2.78. The fourth-order valence-electron chi connectivity index (χ4n) is 3.13. The molecule has 0 aromatic heterocycles. The summed E-state index contributed by atoms with van der Waals surface area (Å²) in [4.78, 5) is 24.5. The Morgan fingerprint density at radius 3 is 2.27 bits per heavy atom. The summed E-state index contributed by atoms with van der Waals surface area (Å²) in [5, 5.41) is 8.85. The lowest BCUT2D eigenvalue weighted by molar-refractivity contribution is -0.114. The summed E-state index contributed by atoms with van der Waals surface area (Å²) in [6.45, 7) is 6.48. The maximum Gasteiger partial charge on any atom is 0.251 e. The number of hydrogen-bond acceptors (Lipinski definition) is 4. The fraction of sp³-hybridized carbons (Fsp3) is 0.259. The van der Waals surface area contributed by atoms with Gasteiger partial charge in [0.1, 0.15) is 5.75 Å². The zero-order chi connectivity index (χ0) is 23.7. The van der Waals surface area contributed by atoms with Crippen molar-refractivity contribution >= 4 is 23.2 Å². The van der Waals surface area contributed by atoms with Crippen molar-refractivity contribution in [1.29, 1.82) is 0 Å². The van der Waals surface area contributed by atoms with Crippen LogP contribution in [0.3, 0.4) is 0 Å². The molecule has 33 heavy (non-hydrogen) atoms. The first-order chi connectivity index (χ1) is 15.8. The Hall–Kier alpha value is -3.80. The van der Waals surface area contributed by atoms with Gasteiger partial charge in [-0.1, -0.05) is 36.4 Å². The van der Waals surface area contributed by atoms with E-state index in [1.807, 2.05) is 63.2 Å². The molecular weight excluding hydrogens is 414 g/mol. The van der Waals surface area contributed by atoms with E-state index < -0.39 is 0 Å². The summed E-state index contributed by atoms with van der Waals surface area (Å²) in [6, 6.07) is 24.6. The second kappa shape index (κ2) is 11.2. The van der Waals surface area contributed by atoms with Gasteiger partial charge < -0.3 is 20.7 Å². The standard InChI is InChI=1S/C27H31N3O3/c1-27(2,3)30-26(32)21-12-14-22(15-13-21)29-25(31)19-28-23-10-7-11-24(18-23)33-17-16-20-8-5-4-6-9-20/h4-15,18,28H,16-17,19H2,1-3H3,(H,29,31)(H,30,32). The molecule has 6 nitrogen and oxygen atoms in total. The van der Waals surface area contributed by atoms with Crippen molar-refractivity contribution in [2.24, 2.45) is 0 Å². The Labute approximate surface area is 195 Å². The predicted molar refractivity (Wildman–Crippen MR) is 133 cm³/mol. The van der Waals surface area contributed by atoms with E-state index in [0.29, 0.717) is 17.9 Å². The SMILES string of the molecule is CC(C)(C)NC(=O)c1ccc(NC(=O)CNc2cccc(OCCc3ccccc3)c2)cc1. The van der Waals surface area contributed by atoms with Crippen LogP contribution in [0.5, 0.6) is 5.75 Å². The lowest BCUT2D eigenvalue weighted by Crippen LogP contribution is -2.40. The van der Waals surface area contributed by atoms with Gasteiger partial charge in [-0.15, -0.1) is 0 Å². The molecule has 0 radical (unpaired) electrons. The van der Waals surface area contributed by atoms with E-state index in [2.05, 4.69) is 28.1 Å². The summed E-state index contributed by atoms with van der Waals surface area (Å²) < 4.78 is 5.84. The molecule has 2 amide bonds. The lowest BCUT2D eigenvalue weighted by atomic mass is 10.1. The molecule has 0 saturated carbocycles. The second-order valence-electron chi connectivity index (χ2n) is 8.80. The molecule has 3 aromatic rings. The van der Waals surface area contributed by atoms with Crippen molar-refractivity contribution < 1.29 is 14.3 Å². The number of amides is 2.